The summed E-state index contributed by atoms with van der Waals surface area (Å²) in [6.07, 6.45) is 3.23. The number of thiazole rings is 1. The molecule has 2 aromatic carbocycles. The van der Waals surface area contributed by atoms with Crippen LogP contribution in [-0.4, -0.2) is 16.7 Å². The molecule has 1 heterocycles. The first-order chi connectivity index (χ1) is 13.8. The number of aromatic nitrogens is 1. The summed E-state index contributed by atoms with van der Waals surface area (Å²) < 4.78 is 0. The SMILES string of the molecule is CC(=O)N(c1nc(C=CC(=O)c2ccc(C)cc2C)cs1)c1cccc(C)c1C. The third-order valence-corrected chi connectivity index (χ3v) is 5.73. The number of anilines is 2. The third kappa shape index (κ3) is 4.51. The summed E-state index contributed by atoms with van der Waals surface area (Å²) in [5.41, 5.74) is 6.40. The van der Waals surface area contributed by atoms with Crippen molar-refractivity contribution in [1.29, 1.82) is 0 Å². The molecule has 29 heavy (non-hydrogen) atoms. The molecule has 0 spiro atoms. The molecule has 0 aliphatic rings. The largest absolute Gasteiger partial charge is 0.289 e. The van der Waals surface area contributed by atoms with Crippen molar-refractivity contribution in [1.82, 2.24) is 4.98 Å². The Bertz CT molecular complexity index is 1110. The van der Waals surface area contributed by atoms with Gasteiger partial charge in [-0.25, -0.2) is 4.98 Å². The summed E-state index contributed by atoms with van der Waals surface area (Å²) in [5.74, 6) is -0.162. The second kappa shape index (κ2) is 8.53. The molecule has 0 aliphatic heterocycles. The Labute approximate surface area is 175 Å². The van der Waals surface area contributed by atoms with Crippen molar-refractivity contribution in [3.05, 3.63) is 81.4 Å². The number of nitrogens with zero attached hydrogens (tertiary/aromatic N) is 2. The zero-order chi connectivity index (χ0) is 21.1. The molecule has 5 heteroatoms. The van der Waals surface area contributed by atoms with Crippen LogP contribution in [0.3, 0.4) is 0 Å². The highest BCUT2D eigenvalue weighted by Crippen LogP contribution is 2.32. The van der Waals surface area contributed by atoms with E-state index in [-0.39, 0.29) is 11.7 Å². The molecular formula is C24H24N2O2S. The standard InChI is InChI=1S/C24H24N2O2S/c1-15-9-11-21(17(3)13-15)23(28)12-10-20-14-29-24(25-20)26(19(5)27)22-8-6-7-16(2)18(22)4/h6-14H,1-5H3. The fourth-order valence-electron chi connectivity index (χ4n) is 3.18. The second-order valence-electron chi connectivity index (χ2n) is 7.14. The molecule has 0 unspecified atom stereocenters. The van der Waals surface area contributed by atoms with E-state index in [0.29, 0.717) is 16.4 Å². The maximum absolute atomic E-state index is 12.5. The molecule has 1 aromatic heterocycles. The molecule has 0 saturated heterocycles. The minimum absolute atomic E-state index is 0.0602. The molecule has 0 bridgehead atoms. The molecule has 0 saturated carbocycles. The zero-order valence-electron chi connectivity index (χ0n) is 17.3. The highest BCUT2D eigenvalue weighted by Gasteiger charge is 2.20. The maximum Gasteiger partial charge on any atom is 0.230 e. The van der Waals surface area contributed by atoms with Crippen LogP contribution < -0.4 is 4.90 Å². The molecule has 148 valence electrons. The number of hydrogen-bond donors (Lipinski definition) is 0. The van der Waals surface area contributed by atoms with Gasteiger partial charge in [0.25, 0.3) is 0 Å². The minimum atomic E-state index is -0.102. The number of carbonyl (C=O) groups is 2. The van der Waals surface area contributed by atoms with Gasteiger partial charge in [0.1, 0.15) is 0 Å². The Kier molecular flexibility index (Phi) is 6.09. The van der Waals surface area contributed by atoms with Gasteiger partial charge in [-0.2, -0.15) is 0 Å². The van der Waals surface area contributed by atoms with Crippen LogP contribution in [0.4, 0.5) is 10.8 Å². The normalized spacial score (nSPS) is 11.1. The highest BCUT2D eigenvalue weighted by atomic mass is 32.1. The van der Waals surface area contributed by atoms with Crippen LogP contribution >= 0.6 is 11.3 Å². The van der Waals surface area contributed by atoms with Crippen LogP contribution in [0, 0.1) is 27.7 Å². The van der Waals surface area contributed by atoms with Crippen LogP contribution in [-0.2, 0) is 4.79 Å². The van der Waals surface area contributed by atoms with Gasteiger partial charge >= 0.3 is 0 Å². The predicted molar refractivity (Wildman–Crippen MR) is 120 cm³/mol. The number of amides is 1. The molecule has 0 atom stereocenters. The lowest BCUT2D eigenvalue weighted by molar-refractivity contribution is -0.115. The van der Waals surface area contributed by atoms with E-state index in [2.05, 4.69) is 4.98 Å². The molecule has 3 rings (SSSR count). The Morgan fingerprint density at radius 2 is 1.79 bits per heavy atom. The average Bonchev–Trinajstić information content (AvgIpc) is 3.11. The lowest BCUT2D eigenvalue weighted by atomic mass is 10.0. The number of carbonyl (C=O) groups excluding carboxylic acids is 2. The first-order valence-corrected chi connectivity index (χ1v) is 10.3. The molecular weight excluding hydrogens is 380 g/mol. The molecule has 0 fully saturated rings. The van der Waals surface area contributed by atoms with Crippen LogP contribution in [0.15, 0.2) is 47.9 Å². The van der Waals surface area contributed by atoms with Crippen molar-refractivity contribution in [2.45, 2.75) is 34.6 Å². The summed E-state index contributed by atoms with van der Waals surface area (Å²) in [4.78, 5) is 31.1. The van der Waals surface area contributed by atoms with Crippen LogP contribution in [0.1, 0.15) is 45.2 Å². The smallest absolute Gasteiger partial charge is 0.230 e. The maximum atomic E-state index is 12.5. The summed E-state index contributed by atoms with van der Waals surface area (Å²) in [7, 11) is 0. The van der Waals surface area contributed by atoms with E-state index in [4.69, 9.17) is 0 Å². The van der Waals surface area contributed by atoms with Crippen molar-refractivity contribution in [2.24, 2.45) is 0 Å². The fourth-order valence-corrected chi connectivity index (χ4v) is 4.03. The second-order valence-corrected chi connectivity index (χ2v) is 7.98. The Balaban J connectivity index is 1.87. The van der Waals surface area contributed by atoms with Gasteiger partial charge in [-0.05, 0) is 62.6 Å². The zero-order valence-corrected chi connectivity index (χ0v) is 18.1. The monoisotopic (exact) mass is 404 g/mol. The van der Waals surface area contributed by atoms with Crippen LogP contribution in [0.2, 0.25) is 0 Å². The van der Waals surface area contributed by atoms with Gasteiger partial charge in [0.2, 0.25) is 5.91 Å². The van der Waals surface area contributed by atoms with Crippen LogP contribution in [0.25, 0.3) is 6.08 Å². The first kappa shape index (κ1) is 20.7. The van der Waals surface area contributed by atoms with E-state index in [1.807, 2.05) is 69.5 Å². The van der Waals surface area contributed by atoms with Gasteiger partial charge in [-0.3, -0.25) is 14.5 Å². The van der Waals surface area contributed by atoms with E-state index >= 15 is 0 Å². The Morgan fingerprint density at radius 3 is 2.48 bits per heavy atom. The van der Waals surface area contributed by atoms with E-state index in [1.165, 1.54) is 24.3 Å². The Morgan fingerprint density at radius 1 is 1.03 bits per heavy atom. The average molecular weight is 405 g/mol. The number of ketones is 1. The van der Waals surface area contributed by atoms with Gasteiger partial charge in [0.15, 0.2) is 10.9 Å². The van der Waals surface area contributed by atoms with Crippen molar-refractivity contribution in [2.75, 3.05) is 4.90 Å². The number of rotatable bonds is 5. The topological polar surface area (TPSA) is 50.3 Å². The summed E-state index contributed by atoms with van der Waals surface area (Å²) >= 11 is 1.38. The predicted octanol–water partition coefficient (Wildman–Crippen LogP) is 5.96. The summed E-state index contributed by atoms with van der Waals surface area (Å²) in [6.45, 7) is 9.49. The fraction of sp³-hybridized carbons (Fsp3) is 0.208. The van der Waals surface area contributed by atoms with Crippen molar-refractivity contribution < 1.29 is 9.59 Å². The molecule has 0 N–H and O–H groups in total. The first-order valence-electron chi connectivity index (χ1n) is 9.40. The van der Waals surface area contributed by atoms with Crippen molar-refractivity contribution >= 4 is 39.9 Å². The van der Waals surface area contributed by atoms with E-state index in [1.54, 1.807) is 11.0 Å². The highest BCUT2D eigenvalue weighted by molar-refractivity contribution is 7.14. The van der Waals surface area contributed by atoms with E-state index < -0.39 is 0 Å². The number of hydrogen-bond acceptors (Lipinski definition) is 4. The molecule has 1 amide bonds. The van der Waals surface area contributed by atoms with Crippen LogP contribution in [0.5, 0.6) is 0 Å². The lowest BCUT2D eigenvalue weighted by Crippen LogP contribution is -2.23. The third-order valence-electron chi connectivity index (χ3n) is 4.89. The molecule has 3 aromatic rings. The summed E-state index contributed by atoms with van der Waals surface area (Å²) in [5, 5.41) is 2.44. The van der Waals surface area contributed by atoms with Crippen molar-refractivity contribution in [3.63, 3.8) is 0 Å². The lowest BCUT2D eigenvalue weighted by Gasteiger charge is -2.21. The molecule has 0 aliphatic carbocycles. The molecule has 0 radical (unpaired) electrons. The van der Waals surface area contributed by atoms with E-state index in [0.717, 1.165) is 27.9 Å². The van der Waals surface area contributed by atoms with Gasteiger partial charge in [0, 0.05) is 17.9 Å². The van der Waals surface area contributed by atoms with Crippen molar-refractivity contribution in [3.8, 4) is 0 Å². The van der Waals surface area contributed by atoms with Gasteiger partial charge in [-0.15, -0.1) is 11.3 Å². The quantitative estimate of drug-likeness (QED) is 0.389. The minimum Gasteiger partial charge on any atom is -0.289 e. The van der Waals surface area contributed by atoms with Gasteiger partial charge in [0.05, 0.1) is 11.4 Å². The summed E-state index contributed by atoms with van der Waals surface area (Å²) in [6, 6.07) is 11.7. The number of benzene rings is 2. The number of aryl methyl sites for hydroxylation is 3. The molecule has 4 nitrogen and oxygen atoms in total. The van der Waals surface area contributed by atoms with Gasteiger partial charge < -0.3 is 0 Å². The van der Waals surface area contributed by atoms with Gasteiger partial charge in [-0.1, -0.05) is 35.9 Å². The Hall–Kier alpha value is -3.05. The van der Waals surface area contributed by atoms with E-state index in [9.17, 15) is 9.59 Å². The number of allylic oxidation sites excluding steroid dienone is 1.